The van der Waals surface area contributed by atoms with Crippen LogP contribution in [0.3, 0.4) is 0 Å². The lowest BCUT2D eigenvalue weighted by molar-refractivity contribution is -0.141. The van der Waals surface area contributed by atoms with Gasteiger partial charge in [0.2, 0.25) is 17.7 Å². The van der Waals surface area contributed by atoms with Crippen molar-refractivity contribution in [2.75, 3.05) is 26.7 Å². The number of benzene rings is 3. The van der Waals surface area contributed by atoms with Crippen LogP contribution in [0.4, 0.5) is 0 Å². The number of hydrogen-bond donors (Lipinski definition) is 6. The number of carbonyl (C=O) groups excluding carboxylic acids is 5. The maximum atomic E-state index is 14.7. The van der Waals surface area contributed by atoms with Gasteiger partial charge in [0.25, 0.3) is 11.8 Å². The summed E-state index contributed by atoms with van der Waals surface area (Å²) in [6, 6.07) is 14.0. The first-order valence-electron chi connectivity index (χ1n) is 21.1. The summed E-state index contributed by atoms with van der Waals surface area (Å²) >= 11 is 0. The van der Waals surface area contributed by atoms with E-state index in [4.69, 9.17) is 15.7 Å². The fourth-order valence-electron chi connectivity index (χ4n) is 7.45. The molecule has 4 aromatic rings. The Morgan fingerprint density at radius 3 is 2.27 bits per heavy atom. The minimum Gasteiger partial charge on any atom is -0.507 e. The molecule has 0 radical (unpaired) electrons. The van der Waals surface area contributed by atoms with E-state index < -0.39 is 47.7 Å². The van der Waals surface area contributed by atoms with E-state index in [1.54, 1.807) is 51.1 Å². The third-order valence-corrected chi connectivity index (χ3v) is 10.9. The molecule has 4 bridgehead atoms. The number of rotatable bonds is 12. The number of ether oxygens (including phenoxy) is 1. The van der Waals surface area contributed by atoms with Crippen LogP contribution in [0.1, 0.15) is 97.5 Å². The maximum absolute atomic E-state index is 14.7. The fraction of sp³-hybridized carbons (Fsp3) is 0.375. The first-order valence-corrected chi connectivity index (χ1v) is 21.1. The van der Waals surface area contributed by atoms with Crippen LogP contribution in [-0.2, 0) is 24.6 Å². The van der Waals surface area contributed by atoms with E-state index in [0.717, 1.165) is 11.1 Å². The molecule has 1 aliphatic heterocycles. The van der Waals surface area contributed by atoms with Crippen LogP contribution >= 0.6 is 0 Å². The zero-order chi connectivity index (χ0) is 47.0. The van der Waals surface area contributed by atoms with Crippen molar-refractivity contribution in [1.29, 1.82) is 5.26 Å². The molecule has 3 aromatic carbocycles. The van der Waals surface area contributed by atoms with Crippen molar-refractivity contribution in [3.8, 4) is 40.1 Å². The zero-order valence-electron chi connectivity index (χ0n) is 37.8. The highest BCUT2D eigenvalue weighted by Gasteiger charge is 2.36. The summed E-state index contributed by atoms with van der Waals surface area (Å²) in [6.07, 6.45) is 2.08. The molecule has 0 saturated carbocycles. The summed E-state index contributed by atoms with van der Waals surface area (Å²) in [5, 5.41) is 31.1. The fourth-order valence-corrected chi connectivity index (χ4v) is 7.45. The Balaban J connectivity index is 1.56. The Morgan fingerprint density at radius 2 is 1.66 bits per heavy atom. The van der Waals surface area contributed by atoms with Gasteiger partial charge in [-0.1, -0.05) is 64.4 Å². The Bertz CT molecular complexity index is 2500. The number of nitrogens with two attached hydrogens (primary N) is 1. The quantitative estimate of drug-likeness (QED) is 0.106. The minimum atomic E-state index is -1.40. The van der Waals surface area contributed by atoms with Gasteiger partial charge in [0, 0.05) is 30.3 Å². The molecule has 16 nitrogen and oxygen atoms in total. The molecule has 336 valence electrons. The standard InChI is InChI=1S/C48H57N9O7/c1-10-11-36(55-45(61)39-27(3)52-42(53-28(39)4)31-12-15-33(16-13-31)48(6,7)8)47(63)57(9)40-32-14-17-38(64-21-19-50)34(25-32)35-23-30(22-26(2)41(35)58)24-37(44(60)51-20-18-49)56-43(59)29(5)54-46(40)62/h12-17,22-25,29,36,40,58H,10-11,19-21,50H2,1-9H3,(H,51,60)(H,54,62)(H,55,61)(H,56,59)/b37-24-/t29-,36-,40-/m0/s1. The first kappa shape index (κ1) is 47.9. The van der Waals surface area contributed by atoms with Crippen molar-refractivity contribution in [3.63, 3.8) is 0 Å². The molecule has 0 unspecified atom stereocenters. The smallest absolute Gasteiger partial charge is 0.268 e. The third kappa shape index (κ3) is 10.9. The van der Waals surface area contributed by atoms with E-state index in [-0.39, 0.29) is 59.7 Å². The lowest BCUT2D eigenvalue weighted by atomic mass is 9.86. The normalized spacial score (nSPS) is 16.4. The monoisotopic (exact) mass is 871 g/mol. The van der Waals surface area contributed by atoms with Gasteiger partial charge in [-0.15, -0.1) is 0 Å². The predicted octanol–water partition coefficient (Wildman–Crippen LogP) is 4.79. The molecule has 16 heteroatoms. The van der Waals surface area contributed by atoms with Crippen LogP contribution < -0.4 is 31.7 Å². The lowest BCUT2D eigenvalue weighted by Gasteiger charge is -2.32. The second-order valence-corrected chi connectivity index (χ2v) is 16.8. The second-order valence-electron chi connectivity index (χ2n) is 16.8. The van der Waals surface area contributed by atoms with Crippen LogP contribution in [0.15, 0.2) is 60.3 Å². The molecular formula is C48H57N9O7. The summed E-state index contributed by atoms with van der Waals surface area (Å²) in [6.45, 7) is 14.7. The third-order valence-electron chi connectivity index (χ3n) is 10.9. The van der Waals surface area contributed by atoms with Gasteiger partial charge in [-0.25, -0.2) is 9.97 Å². The molecule has 64 heavy (non-hydrogen) atoms. The summed E-state index contributed by atoms with van der Waals surface area (Å²) < 4.78 is 6.01. The molecule has 1 aromatic heterocycles. The minimum absolute atomic E-state index is 0.0377. The summed E-state index contributed by atoms with van der Waals surface area (Å²) in [7, 11) is 1.43. The van der Waals surface area contributed by atoms with Gasteiger partial charge in [-0.3, -0.25) is 24.0 Å². The van der Waals surface area contributed by atoms with Crippen LogP contribution in [0.25, 0.3) is 28.6 Å². The maximum Gasteiger partial charge on any atom is 0.268 e. The van der Waals surface area contributed by atoms with E-state index in [0.29, 0.717) is 46.1 Å². The molecule has 1 aliphatic rings. The topological polar surface area (TPSA) is 242 Å². The number of amides is 5. The molecule has 0 spiro atoms. The average Bonchev–Trinajstić information content (AvgIpc) is 3.24. The molecule has 5 amide bonds. The van der Waals surface area contributed by atoms with Gasteiger partial charge in [-0.2, -0.15) is 5.26 Å². The Labute approximate surface area is 373 Å². The van der Waals surface area contributed by atoms with Crippen molar-refractivity contribution < 1.29 is 33.8 Å². The highest BCUT2D eigenvalue weighted by molar-refractivity contribution is 6.04. The van der Waals surface area contributed by atoms with Crippen LogP contribution in [-0.4, -0.2) is 88.3 Å². The molecule has 0 aliphatic carbocycles. The number of aromatic hydroxyl groups is 1. The lowest BCUT2D eigenvalue weighted by Crippen LogP contribution is -2.53. The van der Waals surface area contributed by atoms with Gasteiger partial charge in [0.05, 0.1) is 23.0 Å². The predicted molar refractivity (Wildman–Crippen MR) is 242 cm³/mol. The van der Waals surface area contributed by atoms with Crippen molar-refractivity contribution in [2.45, 2.75) is 91.8 Å². The number of carbonyl (C=O) groups is 5. The van der Waals surface area contributed by atoms with Crippen molar-refractivity contribution in [1.82, 2.24) is 36.1 Å². The SMILES string of the molecule is CCC[C@H](NC(=O)c1c(C)nc(-c2ccc(C(C)(C)C)cc2)nc1C)C(=O)N(C)[C@@H]1C(=O)N[C@@H](C)C(=O)N/C(C(=O)NCC#N)=C\c2cc(C)c(O)c(c2)-c2cc1ccc2OCCN. The number of aromatic nitrogens is 2. The van der Waals surface area contributed by atoms with Crippen LogP contribution in [0.5, 0.6) is 11.5 Å². The van der Waals surface area contributed by atoms with E-state index >= 15 is 0 Å². The molecule has 0 fully saturated rings. The number of fused-ring (bicyclic) bond motifs is 5. The van der Waals surface area contributed by atoms with E-state index in [1.165, 1.54) is 24.9 Å². The molecule has 0 saturated heterocycles. The summed E-state index contributed by atoms with van der Waals surface area (Å²) in [4.78, 5) is 80.7. The first-order chi connectivity index (χ1) is 30.3. The highest BCUT2D eigenvalue weighted by atomic mass is 16.5. The Morgan fingerprint density at radius 1 is 0.984 bits per heavy atom. The largest absolute Gasteiger partial charge is 0.507 e. The molecule has 5 rings (SSSR count). The van der Waals surface area contributed by atoms with Crippen molar-refractivity contribution in [3.05, 3.63) is 99.5 Å². The van der Waals surface area contributed by atoms with E-state index in [2.05, 4.69) is 52.0 Å². The van der Waals surface area contributed by atoms with Gasteiger partial charge < -0.3 is 41.7 Å². The van der Waals surface area contributed by atoms with Gasteiger partial charge in [-0.05, 0) is 92.1 Å². The Hall–Kier alpha value is -7.12. The van der Waals surface area contributed by atoms with Crippen molar-refractivity contribution >= 4 is 35.6 Å². The number of phenolic OH excluding ortho intramolecular Hbond substituents is 1. The molecule has 2 heterocycles. The van der Waals surface area contributed by atoms with Gasteiger partial charge in [0.1, 0.15) is 48.5 Å². The zero-order valence-corrected chi connectivity index (χ0v) is 37.8. The van der Waals surface area contributed by atoms with Crippen molar-refractivity contribution in [2.24, 2.45) is 5.73 Å². The molecule has 3 atom stereocenters. The number of aryl methyl sites for hydroxylation is 3. The summed E-state index contributed by atoms with van der Waals surface area (Å²) in [5.74, 6) is -2.85. The number of likely N-dealkylation sites (N-methyl/N-ethyl adjacent to an activating group) is 1. The second kappa shape index (κ2) is 20.4. The number of nitriles is 1. The Kier molecular flexibility index (Phi) is 15.3. The average molecular weight is 872 g/mol. The summed E-state index contributed by atoms with van der Waals surface area (Å²) in [5.41, 5.74) is 10.2. The number of hydrogen-bond acceptors (Lipinski definition) is 11. The van der Waals surface area contributed by atoms with E-state index in [1.807, 2.05) is 37.3 Å². The number of nitrogens with one attached hydrogen (secondary N) is 4. The number of nitrogens with zero attached hydrogens (tertiary/aromatic N) is 4. The van der Waals surface area contributed by atoms with Crippen LogP contribution in [0.2, 0.25) is 0 Å². The van der Waals surface area contributed by atoms with E-state index in [9.17, 15) is 29.1 Å². The van der Waals surface area contributed by atoms with Gasteiger partial charge >= 0.3 is 0 Å². The molecule has 7 N–H and O–H groups in total. The van der Waals surface area contributed by atoms with Gasteiger partial charge in [0.15, 0.2) is 5.82 Å². The van der Waals surface area contributed by atoms with Crippen LogP contribution in [0, 0.1) is 32.1 Å². The number of phenols is 1. The molecular weight excluding hydrogens is 815 g/mol. The highest BCUT2D eigenvalue weighted by Crippen LogP contribution is 2.41.